The molecule has 0 aromatic heterocycles. The van der Waals surface area contributed by atoms with Crippen LogP contribution in [0.15, 0.2) is 58.3 Å². The number of carbonyl (C=O) groups is 1. The summed E-state index contributed by atoms with van der Waals surface area (Å²) >= 11 is 7.36. The second-order valence-corrected chi connectivity index (χ2v) is 10.1. The molecule has 2 rings (SSSR count). The van der Waals surface area contributed by atoms with Crippen molar-refractivity contribution >= 4 is 44.8 Å². The molecule has 0 saturated heterocycles. The van der Waals surface area contributed by atoms with Gasteiger partial charge in [-0.1, -0.05) is 11.6 Å². The Bertz CT molecular complexity index is 863. The van der Waals surface area contributed by atoms with Gasteiger partial charge < -0.3 is 4.90 Å². The summed E-state index contributed by atoms with van der Waals surface area (Å²) in [5.41, 5.74) is 0.681. The standard InChI is InChI=1S/C19H22ClNO3S2/c1-13(2)21(16-7-11-18(12-8-16)26(4,23)24)19(22)14(3)25-17-9-5-15(20)6-10-17/h5-14H,1-4H3. The highest BCUT2D eigenvalue weighted by Crippen LogP contribution is 2.28. The molecule has 0 N–H and O–H groups in total. The van der Waals surface area contributed by atoms with Crippen molar-refractivity contribution in [1.82, 2.24) is 0 Å². The van der Waals surface area contributed by atoms with Crippen LogP contribution in [0.1, 0.15) is 20.8 Å². The first-order valence-corrected chi connectivity index (χ1v) is 11.3. The summed E-state index contributed by atoms with van der Waals surface area (Å²) in [6.45, 7) is 5.73. The van der Waals surface area contributed by atoms with Crippen LogP contribution in [0.3, 0.4) is 0 Å². The van der Waals surface area contributed by atoms with Gasteiger partial charge >= 0.3 is 0 Å². The lowest BCUT2D eigenvalue weighted by molar-refractivity contribution is -0.118. The van der Waals surface area contributed by atoms with Crippen molar-refractivity contribution in [2.75, 3.05) is 11.2 Å². The topological polar surface area (TPSA) is 54.5 Å². The monoisotopic (exact) mass is 411 g/mol. The highest BCUT2D eigenvalue weighted by Gasteiger charge is 2.25. The van der Waals surface area contributed by atoms with E-state index in [0.717, 1.165) is 11.2 Å². The minimum Gasteiger partial charge on any atom is -0.309 e. The predicted octanol–water partition coefficient (Wildman–Crippen LogP) is 4.67. The number of sulfone groups is 1. The maximum Gasteiger partial charge on any atom is 0.240 e. The summed E-state index contributed by atoms with van der Waals surface area (Å²) in [6.07, 6.45) is 1.16. The number of halogens is 1. The van der Waals surface area contributed by atoms with Crippen molar-refractivity contribution in [2.24, 2.45) is 0 Å². The molecule has 4 nitrogen and oxygen atoms in total. The van der Waals surface area contributed by atoms with Crippen LogP contribution in [-0.4, -0.2) is 31.9 Å². The van der Waals surface area contributed by atoms with Gasteiger partial charge in [0, 0.05) is 27.9 Å². The molecule has 1 unspecified atom stereocenters. The van der Waals surface area contributed by atoms with Crippen molar-refractivity contribution < 1.29 is 13.2 Å². The van der Waals surface area contributed by atoms with E-state index < -0.39 is 9.84 Å². The van der Waals surface area contributed by atoms with Gasteiger partial charge in [0.15, 0.2) is 9.84 Å². The van der Waals surface area contributed by atoms with Crippen molar-refractivity contribution in [3.8, 4) is 0 Å². The first kappa shape index (κ1) is 20.8. The Hall–Kier alpha value is -1.50. The lowest BCUT2D eigenvalue weighted by atomic mass is 10.2. The van der Waals surface area contributed by atoms with Gasteiger partial charge in [0.05, 0.1) is 10.1 Å². The van der Waals surface area contributed by atoms with Gasteiger partial charge in [-0.2, -0.15) is 0 Å². The second-order valence-electron chi connectivity index (χ2n) is 6.28. The van der Waals surface area contributed by atoms with Crippen LogP contribution in [-0.2, 0) is 14.6 Å². The molecule has 0 spiro atoms. The van der Waals surface area contributed by atoms with E-state index in [-0.39, 0.29) is 22.1 Å². The summed E-state index contributed by atoms with van der Waals surface area (Å²) in [4.78, 5) is 15.9. The van der Waals surface area contributed by atoms with Gasteiger partial charge in [-0.15, -0.1) is 11.8 Å². The van der Waals surface area contributed by atoms with Crippen LogP contribution >= 0.6 is 23.4 Å². The zero-order valence-electron chi connectivity index (χ0n) is 15.1. The third-order valence-electron chi connectivity index (χ3n) is 3.77. The number of carbonyl (C=O) groups excluding carboxylic acids is 1. The van der Waals surface area contributed by atoms with E-state index in [0.29, 0.717) is 10.7 Å². The van der Waals surface area contributed by atoms with Gasteiger partial charge in [-0.3, -0.25) is 4.79 Å². The average Bonchev–Trinajstić information content (AvgIpc) is 2.56. The minimum absolute atomic E-state index is 0.0351. The van der Waals surface area contributed by atoms with E-state index in [1.165, 1.54) is 23.9 Å². The van der Waals surface area contributed by atoms with Crippen molar-refractivity contribution in [2.45, 2.75) is 41.9 Å². The number of amides is 1. The van der Waals surface area contributed by atoms with Gasteiger partial charge in [-0.25, -0.2) is 8.42 Å². The minimum atomic E-state index is -3.26. The Balaban J connectivity index is 2.22. The van der Waals surface area contributed by atoms with Gasteiger partial charge in [0.25, 0.3) is 0 Å². The Morgan fingerprint density at radius 2 is 1.54 bits per heavy atom. The Labute approximate surface area is 164 Å². The molecule has 0 radical (unpaired) electrons. The predicted molar refractivity (Wildman–Crippen MR) is 109 cm³/mol. The fourth-order valence-electron chi connectivity index (χ4n) is 2.50. The average molecular weight is 412 g/mol. The zero-order chi connectivity index (χ0) is 19.5. The molecule has 0 bridgehead atoms. The largest absolute Gasteiger partial charge is 0.309 e. The highest BCUT2D eigenvalue weighted by molar-refractivity contribution is 8.00. The Kier molecular flexibility index (Phi) is 6.77. The SMILES string of the molecule is CC(Sc1ccc(Cl)cc1)C(=O)N(c1ccc(S(C)(=O)=O)cc1)C(C)C. The number of hydrogen-bond acceptors (Lipinski definition) is 4. The maximum absolute atomic E-state index is 13.0. The van der Waals surface area contributed by atoms with Crippen LogP contribution in [0.4, 0.5) is 5.69 Å². The first-order valence-electron chi connectivity index (χ1n) is 8.15. The summed E-state index contributed by atoms with van der Waals surface area (Å²) in [5.74, 6) is -0.0351. The quantitative estimate of drug-likeness (QED) is 0.648. The number of benzene rings is 2. The van der Waals surface area contributed by atoms with E-state index >= 15 is 0 Å². The Morgan fingerprint density at radius 1 is 1.00 bits per heavy atom. The smallest absolute Gasteiger partial charge is 0.240 e. The van der Waals surface area contributed by atoms with Crippen molar-refractivity contribution in [3.63, 3.8) is 0 Å². The van der Waals surface area contributed by atoms with E-state index in [4.69, 9.17) is 11.6 Å². The molecule has 2 aromatic rings. The summed E-state index contributed by atoms with van der Waals surface area (Å²) in [7, 11) is -3.26. The third kappa shape index (κ3) is 5.25. The van der Waals surface area contributed by atoms with E-state index in [9.17, 15) is 13.2 Å². The highest BCUT2D eigenvalue weighted by atomic mass is 35.5. The summed E-state index contributed by atoms with van der Waals surface area (Å²) in [5, 5.41) is 0.358. The molecule has 0 aliphatic heterocycles. The number of hydrogen-bond donors (Lipinski definition) is 0. The van der Waals surface area contributed by atoms with Crippen LogP contribution < -0.4 is 4.90 Å². The summed E-state index contributed by atoms with van der Waals surface area (Å²) < 4.78 is 23.2. The third-order valence-corrected chi connectivity index (χ3v) is 6.25. The molecule has 26 heavy (non-hydrogen) atoms. The van der Waals surface area contributed by atoms with Crippen LogP contribution in [0, 0.1) is 0 Å². The molecule has 1 atom stereocenters. The molecule has 2 aromatic carbocycles. The number of nitrogens with zero attached hydrogens (tertiary/aromatic N) is 1. The van der Waals surface area contributed by atoms with Crippen molar-refractivity contribution in [3.05, 3.63) is 53.6 Å². The fourth-order valence-corrected chi connectivity index (χ4v) is 4.17. The Morgan fingerprint density at radius 3 is 2.00 bits per heavy atom. The molecule has 0 heterocycles. The maximum atomic E-state index is 13.0. The molecule has 0 aliphatic carbocycles. The molecule has 0 fully saturated rings. The van der Waals surface area contributed by atoms with Gasteiger partial charge in [0.1, 0.15) is 0 Å². The summed E-state index contributed by atoms with van der Waals surface area (Å²) in [6, 6.07) is 13.7. The number of anilines is 1. The van der Waals surface area contributed by atoms with Crippen LogP contribution in [0.5, 0.6) is 0 Å². The first-order chi connectivity index (χ1) is 12.1. The fraction of sp³-hybridized carbons (Fsp3) is 0.316. The second kappa shape index (κ2) is 8.46. The van der Waals surface area contributed by atoms with E-state index in [2.05, 4.69) is 0 Å². The molecule has 140 valence electrons. The van der Waals surface area contributed by atoms with Gasteiger partial charge in [-0.05, 0) is 69.3 Å². The lowest BCUT2D eigenvalue weighted by Crippen LogP contribution is -2.41. The van der Waals surface area contributed by atoms with Crippen molar-refractivity contribution in [1.29, 1.82) is 0 Å². The van der Waals surface area contributed by atoms with Gasteiger partial charge in [0.2, 0.25) is 5.91 Å². The normalized spacial score (nSPS) is 12.8. The number of rotatable bonds is 6. The zero-order valence-corrected chi connectivity index (χ0v) is 17.5. The lowest BCUT2D eigenvalue weighted by Gasteiger charge is -2.29. The van der Waals surface area contributed by atoms with Crippen LogP contribution in [0.25, 0.3) is 0 Å². The molecule has 7 heteroatoms. The molecule has 0 aliphatic rings. The molecular formula is C19H22ClNO3S2. The van der Waals surface area contributed by atoms with Crippen LogP contribution in [0.2, 0.25) is 5.02 Å². The van der Waals surface area contributed by atoms with E-state index in [1.807, 2.05) is 32.9 Å². The number of thioether (sulfide) groups is 1. The molecule has 1 amide bonds. The molecule has 0 saturated carbocycles. The van der Waals surface area contributed by atoms with E-state index in [1.54, 1.807) is 29.2 Å². The molecular weight excluding hydrogens is 390 g/mol.